The van der Waals surface area contributed by atoms with Crippen LogP contribution in [0.15, 0.2) is 47.0 Å². The third-order valence-electron chi connectivity index (χ3n) is 5.21. The number of aromatic nitrogens is 3. The number of nitrogens with zero attached hydrogens (tertiary/aromatic N) is 4. The number of hydrogen-bond acceptors (Lipinski definition) is 4. The van der Waals surface area contributed by atoms with Gasteiger partial charge in [-0.25, -0.2) is 4.98 Å². The molecule has 1 aromatic carbocycles. The summed E-state index contributed by atoms with van der Waals surface area (Å²) >= 11 is 0. The fourth-order valence-corrected chi connectivity index (χ4v) is 3.77. The van der Waals surface area contributed by atoms with Crippen molar-refractivity contribution in [1.29, 1.82) is 0 Å². The highest BCUT2D eigenvalue weighted by Crippen LogP contribution is 2.35. The lowest BCUT2D eigenvalue weighted by molar-refractivity contribution is 0.385. The van der Waals surface area contributed by atoms with Crippen LogP contribution in [-0.2, 0) is 6.54 Å². The molecule has 0 radical (unpaired) electrons. The average Bonchev–Trinajstić information content (AvgIpc) is 3.18. The Morgan fingerprint density at radius 3 is 2.43 bits per heavy atom. The van der Waals surface area contributed by atoms with Crippen LogP contribution in [0.3, 0.4) is 0 Å². The summed E-state index contributed by atoms with van der Waals surface area (Å²) in [5, 5.41) is 5.31. The number of pyridine rings is 1. The minimum atomic E-state index is 0.798. The third kappa shape index (κ3) is 3.22. The van der Waals surface area contributed by atoms with Gasteiger partial charge in [0, 0.05) is 29.7 Å². The van der Waals surface area contributed by atoms with Crippen molar-refractivity contribution < 1.29 is 4.52 Å². The molecule has 0 bridgehead atoms. The highest BCUT2D eigenvalue weighted by atomic mass is 16.5. The Labute approximate surface area is 165 Å². The molecule has 144 valence electrons. The zero-order chi connectivity index (χ0) is 19.8. The van der Waals surface area contributed by atoms with E-state index in [1.807, 2.05) is 19.9 Å². The van der Waals surface area contributed by atoms with Crippen molar-refractivity contribution in [2.24, 2.45) is 0 Å². The van der Waals surface area contributed by atoms with Gasteiger partial charge in [0.1, 0.15) is 5.76 Å². The first-order valence-corrected chi connectivity index (χ1v) is 9.60. The number of benzene rings is 1. The smallest absolute Gasteiger partial charge is 0.143 e. The van der Waals surface area contributed by atoms with E-state index in [0.29, 0.717) is 0 Å². The molecule has 3 heterocycles. The summed E-state index contributed by atoms with van der Waals surface area (Å²) < 4.78 is 7.80. The van der Waals surface area contributed by atoms with Crippen molar-refractivity contribution >= 4 is 10.9 Å². The van der Waals surface area contributed by atoms with Gasteiger partial charge in [-0.05, 0) is 47.0 Å². The second-order valence-corrected chi connectivity index (χ2v) is 7.59. The quantitative estimate of drug-likeness (QED) is 0.501. The fraction of sp³-hybridized carbons (Fsp3) is 0.304. The molecule has 0 saturated carbocycles. The maximum absolute atomic E-state index is 5.42. The molecule has 0 spiro atoms. The van der Waals surface area contributed by atoms with Gasteiger partial charge in [-0.1, -0.05) is 35.5 Å². The predicted octanol–water partition coefficient (Wildman–Crippen LogP) is 4.85. The van der Waals surface area contributed by atoms with Crippen LogP contribution in [0.1, 0.15) is 17.1 Å². The molecule has 4 aromatic rings. The Bertz CT molecular complexity index is 1100. The largest absolute Gasteiger partial charge is 0.361 e. The molecule has 5 nitrogen and oxygen atoms in total. The fourth-order valence-electron chi connectivity index (χ4n) is 3.77. The van der Waals surface area contributed by atoms with Gasteiger partial charge in [0.15, 0.2) is 0 Å². The van der Waals surface area contributed by atoms with Gasteiger partial charge in [0.05, 0.1) is 28.2 Å². The maximum Gasteiger partial charge on any atom is 0.143 e. The summed E-state index contributed by atoms with van der Waals surface area (Å²) in [5.41, 5.74) is 7.32. The van der Waals surface area contributed by atoms with E-state index in [-0.39, 0.29) is 0 Å². The van der Waals surface area contributed by atoms with Gasteiger partial charge < -0.3 is 14.0 Å². The Kier molecular flexibility index (Phi) is 4.77. The van der Waals surface area contributed by atoms with E-state index in [1.165, 1.54) is 16.6 Å². The Morgan fingerprint density at radius 2 is 1.79 bits per heavy atom. The highest BCUT2D eigenvalue weighted by Gasteiger charge is 2.19. The second-order valence-electron chi connectivity index (χ2n) is 7.59. The van der Waals surface area contributed by atoms with Gasteiger partial charge in [-0.15, -0.1) is 0 Å². The van der Waals surface area contributed by atoms with Crippen molar-refractivity contribution in [2.75, 3.05) is 20.6 Å². The lowest BCUT2D eigenvalue weighted by Crippen LogP contribution is -2.18. The van der Waals surface area contributed by atoms with Crippen molar-refractivity contribution in [2.45, 2.75) is 27.3 Å². The minimum absolute atomic E-state index is 0.798. The number of rotatable bonds is 5. The summed E-state index contributed by atoms with van der Waals surface area (Å²) in [4.78, 5) is 7.27. The lowest BCUT2D eigenvalue weighted by atomic mass is 10.0. The van der Waals surface area contributed by atoms with Crippen molar-refractivity contribution in [3.05, 3.63) is 59.6 Å². The summed E-state index contributed by atoms with van der Waals surface area (Å²) in [5.74, 6) is 0.798. The van der Waals surface area contributed by atoms with Crippen LogP contribution < -0.4 is 0 Å². The molecule has 0 aliphatic carbocycles. The maximum atomic E-state index is 5.42. The molecule has 0 aliphatic rings. The zero-order valence-corrected chi connectivity index (χ0v) is 17.2. The molecule has 4 rings (SSSR count). The number of hydrogen-bond donors (Lipinski definition) is 0. The highest BCUT2D eigenvalue weighted by molar-refractivity contribution is 5.96. The molecule has 5 heteroatoms. The van der Waals surface area contributed by atoms with Crippen LogP contribution in [0.5, 0.6) is 0 Å². The Hall–Kier alpha value is -2.92. The molecule has 28 heavy (non-hydrogen) atoms. The van der Waals surface area contributed by atoms with E-state index >= 15 is 0 Å². The van der Waals surface area contributed by atoms with Gasteiger partial charge >= 0.3 is 0 Å². The summed E-state index contributed by atoms with van der Waals surface area (Å²) in [6.07, 6.45) is 0. The molecule has 0 fully saturated rings. The summed E-state index contributed by atoms with van der Waals surface area (Å²) in [6.45, 7) is 7.99. The van der Waals surface area contributed by atoms with Crippen molar-refractivity contribution in [3.63, 3.8) is 0 Å². The molecule has 0 unspecified atom stereocenters. The zero-order valence-electron chi connectivity index (χ0n) is 17.2. The molecule has 3 aromatic heterocycles. The van der Waals surface area contributed by atoms with E-state index in [1.54, 1.807) is 0 Å². The molecular formula is C23H26N4O. The molecule has 0 N–H and O–H groups in total. The van der Waals surface area contributed by atoms with E-state index in [0.717, 1.165) is 47.1 Å². The summed E-state index contributed by atoms with van der Waals surface area (Å²) in [6, 6.07) is 14.8. The Balaban J connectivity index is 2.00. The monoisotopic (exact) mass is 374 g/mol. The first-order chi connectivity index (χ1) is 13.5. The van der Waals surface area contributed by atoms with E-state index < -0.39 is 0 Å². The molecule has 0 aliphatic heterocycles. The first kappa shape index (κ1) is 18.4. The van der Waals surface area contributed by atoms with Crippen LogP contribution in [0.25, 0.3) is 33.4 Å². The van der Waals surface area contributed by atoms with Crippen LogP contribution in [-0.4, -0.2) is 40.2 Å². The average molecular weight is 374 g/mol. The van der Waals surface area contributed by atoms with Gasteiger partial charge in [-0.2, -0.15) is 0 Å². The number of fused-ring (bicyclic) bond motifs is 1. The van der Waals surface area contributed by atoms with Crippen molar-refractivity contribution in [1.82, 2.24) is 19.6 Å². The SMILES string of the molecule is Cc1noc(C)c1-c1cc2c(cc(C)n2CCN(C)C)c(-c2ccccc2)n1. The van der Waals surface area contributed by atoms with E-state index in [4.69, 9.17) is 9.51 Å². The topological polar surface area (TPSA) is 47.1 Å². The van der Waals surface area contributed by atoms with E-state index in [9.17, 15) is 0 Å². The predicted molar refractivity (Wildman–Crippen MR) is 113 cm³/mol. The molecule has 0 atom stereocenters. The normalized spacial score (nSPS) is 11.6. The van der Waals surface area contributed by atoms with Crippen molar-refractivity contribution in [3.8, 4) is 22.5 Å². The number of likely N-dealkylation sites (N-methyl/N-ethyl adjacent to an activating group) is 1. The van der Waals surface area contributed by atoms with E-state index in [2.05, 4.69) is 72.0 Å². The Morgan fingerprint density at radius 1 is 1.04 bits per heavy atom. The van der Waals surface area contributed by atoms with Gasteiger partial charge in [0.25, 0.3) is 0 Å². The van der Waals surface area contributed by atoms with Crippen LogP contribution >= 0.6 is 0 Å². The van der Waals surface area contributed by atoms with Gasteiger partial charge in [0.2, 0.25) is 0 Å². The third-order valence-corrected chi connectivity index (χ3v) is 5.21. The standard InChI is InChI=1S/C23H26N4O/c1-15-13-19-21(27(15)12-11-26(4)5)14-20(22-16(2)25-28-17(22)3)24-23(19)18-9-7-6-8-10-18/h6-10,13-14H,11-12H2,1-5H3. The minimum Gasteiger partial charge on any atom is -0.361 e. The number of aryl methyl sites for hydroxylation is 3. The summed E-state index contributed by atoms with van der Waals surface area (Å²) in [7, 11) is 4.21. The van der Waals surface area contributed by atoms with Crippen LogP contribution in [0, 0.1) is 20.8 Å². The van der Waals surface area contributed by atoms with Gasteiger partial charge in [-0.3, -0.25) is 0 Å². The van der Waals surface area contributed by atoms with Crippen LogP contribution in [0.4, 0.5) is 0 Å². The second kappa shape index (κ2) is 7.24. The molecule has 0 amide bonds. The molecule has 0 saturated heterocycles. The molecular weight excluding hydrogens is 348 g/mol. The van der Waals surface area contributed by atoms with Crippen LogP contribution in [0.2, 0.25) is 0 Å². The first-order valence-electron chi connectivity index (χ1n) is 9.60. The lowest BCUT2D eigenvalue weighted by Gasteiger charge is -2.14.